The Morgan fingerprint density at radius 2 is 2.00 bits per heavy atom. The number of ether oxygens (including phenoxy) is 1. The lowest BCUT2D eigenvalue weighted by molar-refractivity contribution is -0.152. The minimum atomic E-state index is -1.03. The summed E-state index contributed by atoms with van der Waals surface area (Å²) >= 11 is 0. The Hall–Kier alpha value is -2.35. The molecule has 0 spiro atoms. The van der Waals surface area contributed by atoms with Crippen LogP contribution in [0.15, 0.2) is 30.3 Å². The number of hydrogen-bond acceptors (Lipinski definition) is 4. The maximum Gasteiger partial charge on any atom is 0.398 e. The Kier molecular flexibility index (Phi) is 4.04. The predicted octanol–water partition coefficient (Wildman–Crippen LogP) is 1.06. The molecule has 0 saturated heterocycles. The van der Waals surface area contributed by atoms with Crippen molar-refractivity contribution in [2.75, 3.05) is 11.5 Å². The Labute approximate surface area is 92.8 Å². The molecular weight excluding hydrogens is 208 g/mol. The van der Waals surface area contributed by atoms with E-state index in [2.05, 4.69) is 4.74 Å². The van der Waals surface area contributed by atoms with Crippen molar-refractivity contribution in [2.24, 2.45) is 0 Å². The highest BCUT2D eigenvalue weighted by Crippen LogP contribution is 2.12. The molecule has 0 aromatic heterocycles. The standard InChI is InChI=1S/C11H10N2O3/c1-2-16-11(15)10(14)13(8-12)9-6-4-3-5-7-9/h3-7H,2H2,1H3. The molecule has 1 aromatic carbocycles. The zero-order valence-corrected chi connectivity index (χ0v) is 8.71. The molecule has 16 heavy (non-hydrogen) atoms. The molecule has 0 N–H and O–H groups in total. The van der Waals surface area contributed by atoms with Crippen molar-refractivity contribution < 1.29 is 14.3 Å². The van der Waals surface area contributed by atoms with Crippen LogP contribution in [0.4, 0.5) is 5.69 Å². The number of benzene rings is 1. The second kappa shape index (κ2) is 5.51. The van der Waals surface area contributed by atoms with Crippen LogP contribution in [-0.2, 0) is 14.3 Å². The predicted molar refractivity (Wildman–Crippen MR) is 56.2 cm³/mol. The van der Waals surface area contributed by atoms with Gasteiger partial charge < -0.3 is 4.74 Å². The van der Waals surface area contributed by atoms with Crippen LogP contribution in [0.1, 0.15) is 6.92 Å². The fourth-order valence-electron chi connectivity index (χ4n) is 1.08. The minimum Gasteiger partial charge on any atom is -0.459 e. The zero-order valence-electron chi connectivity index (χ0n) is 8.71. The molecule has 1 aromatic rings. The zero-order chi connectivity index (χ0) is 12.0. The number of amides is 1. The molecule has 0 unspecified atom stereocenters. The summed E-state index contributed by atoms with van der Waals surface area (Å²) in [7, 11) is 0. The Balaban J connectivity index is 2.89. The molecule has 5 heteroatoms. The summed E-state index contributed by atoms with van der Waals surface area (Å²) in [5.41, 5.74) is 0.336. The van der Waals surface area contributed by atoms with E-state index in [0.29, 0.717) is 10.6 Å². The molecule has 5 nitrogen and oxygen atoms in total. The lowest BCUT2D eigenvalue weighted by Crippen LogP contribution is -2.34. The number of nitriles is 1. The van der Waals surface area contributed by atoms with Crippen LogP contribution in [0.2, 0.25) is 0 Å². The maximum atomic E-state index is 11.5. The maximum absolute atomic E-state index is 11.5. The van der Waals surface area contributed by atoms with Crippen LogP contribution < -0.4 is 4.90 Å². The van der Waals surface area contributed by atoms with Crippen molar-refractivity contribution in [3.8, 4) is 6.19 Å². The fraction of sp³-hybridized carbons (Fsp3) is 0.182. The lowest BCUT2D eigenvalue weighted by Gasteiger charge is -2.11. The first-order valence-electron chi connectivity index (χ1n) is 4.66. The Morgan fingerprint density at radius 1 is 1.38 bits per heavy atom. The van der Waals surface area contributed by atoms with Gasteiger partial charge in [0.25, 0.3) is 0 Å². The topological polar surface area (TPSA) is 70.4 Å². The third-order valence-electron chi connectivity index (χ3n) is 1.77. The molecule has 0 atom stereocenters. The summed E-state index contributed by atoms with van der Waals surface area (Å²) in [4.78, 5) is 23.3. The van der Waals surface area contributed by atoms with Gasteiger partial charge in [0.2, 0.25) is 0 Å². The average Bonchev–Trinajstić information content (AvgIpc) is 2.31. The van der Waals surface area contributed by atoms with Crippen molar-refractivity contribution in [3.05, 3.63) is 30.3 Å². The first-order chi connectivity index (χ1) is 7.70. The van der Waals surface area contributed by atoms with E-state index in [0.717, 1.165) is 0 Å². The van der Waals surface area contributed by atoms with Gasteiger partial charge in [0.05, 0.1) is 12.3 Å². The van der Waals surface area contributed by atoms with Gasteiger partial charge in [0, 0.05) is 0 Å². The van der Waals surface area contributed by atoms with Crippen LogP contribution >= 0.6 is 0 Å². The van der Waals surface area contributed by atoms with Crippen LogP contribution in [0.25, 0.3) is 0 Å². The number of anilines is 1. The number of hydrogen-bond donors (Lipinski definition) is 0. The van der Waals surface area contributed by atoms with E-state index in [9.17, 15) is 9.59 Å². The molecule has 0 fully saturated rings. The Bertz CT molecular complexity index is 423. The van der Waals surface area contributed by atoms with Gasteiger partial charge >= 0.3 is 11.9 Å². The minimum absolute atomic E-state index is 0.0959. The van der Waals surface area contributed by atoms with E-state index in [1.54, 1.807) is 43.4 Å². The highest BCUT2D eigenvalue weighted by atomic mass is 16.5. The summed E-state index contributed by atoms with van der Waals surface area (Å²) in [6.07, 6.45) is 1.64. The molecule has 0 radical (unpaired) electrons. The summed E-state index contributed by atoms with van der Waals surface area (Å²) in [6.45, 7) is 1.68. The number of carbonyl (C=O) groups excluding carboxylic acids is 2. The van der Waals surface area contributed by atoms with Gasteiger partial charge in [-0.2, -0.15) is 5.26 Å². The first kappa shape index (κ1) is 11.7. The Morgan fingerprint density at radius 3 is 2.50 bits per heavy atom. The molecule has 0 aliphatic rings. The molecule has 1 rings (SSSR count). The van der Waals surface area contributed by atoms with Gasteiger partial charge in [-0.05, 0) is 19.1 Å². The van der Waals surface area contributed by atoms with Crippen molar-refractivity contribution in [3.63, 3.8) is 0 Å². The van der Waals surface area contributed by atoms with Crippen molar-refractivity contribution in [2.45, 2.75) is 6.92 Å². The van der Waals surface area contributed by atoms with E-state index >= 15 is 0 Å². The van der Waals surface area contributed by atoms with Crippen LogP contribution in [0.5, 0.6) is 0 Å². The van der Waals surface area contributed by atoms with Crippen molar-refractivity contribution in [1.29, 1.82) is 5.26 Å². The molecular formula is C11H10N2O3. The number of para-hydroxylation sites is 1. The van der Waals surface area contributed by atoms with Gasteiger partial charge in [-0.3, -0.25) is 4.79 Å². The molecule has 0 aliphatic heterocycles. The van der Waals surface area contributed by atoms with E-state index in [-0.39, 0.29) is 6.61 Å². The van der Waals surface area contributed by atoms with Gasteiger partial charge in [0.1, 0.15) is 0 Å². The summed E-state index contributed by atoms with van der Waals surface area (Å²) in [5, 5.41) is 8.81. The van der Waals surface area contributed by atoms with Gasteiger partial charge in [0.15, 0.2) is 6.19 Å². The normalized spacial score (nSPS) is 9.00. The highest BCUT2D eigenvalue weighted by molar-refractivity contribution is 6.38. The summed E-state index contributed by atoms with van der Waals surface area (Å²) < 4.78 is 4.53. The average molecular weight is 218 g/mol. The quantitative estimate of drug-likeness (QED) is 0.322. The van der Waals surface area contributed by atoms with Gasteiger partial charge in [-0.15, -0.1) is 0 Å². The molecule has 0 saturated carbocycles. The lowest BCUT2D eigenvalue weighted by atomic mass is 10.3. The van der Waals surface area contributed by atoms with Crippen LogP contribution in [0.3, 0.4) is 0 Å². The third-order valence-corrected chi connectivity index (χ3v) is 1.77. The molecule has 1 amide bonds. The number of carbonyl (C=O) groups is 2. The monoisotopic (exact) mass is 218 g/mol. The van der Waals surface area contributed by atoms with Crippen molar-refractivity contribution >= 4 is 17.6 Å². The summed E-state index contributed by atoms with van der Waals surface area (Å²) in [6, 6.07) is 8.19. The van der Waals surface area contributed by atoms with E-state index < -0.39 is 11.9 Å². The van der Waals surface area contributed by atoms with Crippen molar-refractivity contribution in [1.82, 2.24) is 0 Å². The van der Waals surface area contributed by atoms with Crippen LogP contribution in [0, 0.1) is 11.5 Å². The summed E-state index contributed by atoms with van der Waals surface area (Å²) in [5.74, 6) is -2.02. The molecule has 0 aliphatic carbocycles. The van der Waals surface area contributed by atoms with Gasteiger partial charge in [-0.25, -0.2) is 9.69 Å². The van der Waals surface area contributed by atoms with Crippen LogP contribution in [-0.4, -0.2) is 18.5 Å². The first-order valence-corrected chi connectivity index (χ1v) is 4.66. The van der Waals surface area contributed by atoms with E-state index in [1.165, 1.54) is 0 Å². The third kappa shape index (κ3) is 2.58. The SMILES string of the molecule is CCOC(=O)C(=O)N(C#N)c1ccccc1. The van der Waals surface area contributed by atoms with Gasteiger partial charge in [-0.1, -0.05) is 18.2 Å². The van der Waals surface area contributed by atoms with E-state index in [1.807, 2.05) is 0 Å². The van der Waals surface area contributed by atoms with E-state index in [4.69, 9.17) is 5.26 Å². The smallest absolute Gasteiger partial charge is 0.398 e. The fourth-order valence-corrected chi connectivity index (χ4v) is 1.08. The second-order valence-corrected chi connectivity index (χ2v) is 2.80. The largest absolute Gasteiger partial charge is 0.459 e. The second-order valence-electron chi connectivity index (χ2n) is 2.80. The highest BCUT2D eigenvalue weighted by Gasteiger charge is 2.24. The number of nitrogens with zero attached hydrogens (tertiary/aromatic N) is 2. The number of rotatable bonds is 2. The molecule has 0 bridgehead atoms. The molecule has 82 valence electrons. The number of esters is 1. The molecule has 0 heterocycles.